The lowest BCUT2D eigenvalue weighted by atomic mass is 10.1. The van der Waals surface area contributed by atoms with Crippen molar-refractivity contribution in [2.75, 3.05) is 0 Å². The van der Waals surface area contributed by atoms with E-state index < -0.39 is 0 Å². The summed E-state index contributed by atoms with van der Waals surface area (Å²) in [4.78, 5) is 13.1. The van der Waals surface area contributed by atoms with Gasteiger partial charge in [-0.2, -0.15) is 4.80 Å². The molecule has 0 unspecified atom stereocenters. The summed E-state index contributed by atoms with van der Waals surface area (Å²) < 4.78 is 0. The van der Waals surface area contributed by atoms with Crippen molar-refractivity contribution < 1.29 is 4.79 Å². The zero-order valence-corrected chi connectivity index (χ0v) is 12.2. The van der Waals surface area contributed by atoms with E-state index in [2.05, 4.69) is 20.7 Å². The zero-order chi connectivity index (χ0) is 14.8. The summed E-state index contributed by atoms with van der Waals surface area (Å²) in [6.07, 6.45) is 0. The van der Waals surface area contributed by atoms with Crippen LogP contribution in [-0.2, 0) is 11.3 Å². The Kier molecular flexibility index (Phi) is 3.83. The molecule has 1 N–H and O–H groups in total. The van der Waals surface area contributed by atoms with Gasteiger partial charge in [0.15, 0.2) is 0 Å². The fraction of sp³-hybridized carbons (Fsp3) is 0.429. The van der Waals surface area contributed by atoms with Crippen LogP contribution < -0.4 is 5.32 Å². The summed E-state index contributed by atoms with van der Waals surface area (Å²) in [6, 6.07) is 7.85. The molecule has 1 aromatic carbocycles. The van der Waals surface area contributed by atoms with E-state index in [9.17, 15) is 4.79 Å². The van der Waals surface area contributed by atoms with Gasteiger partial charge in [0.2, 0.25) is 11.7 Å². The van der Waals surface area contributed by atoms with Crippen LogP contribution in [0.15, 0.2) is 24.3 Å². The molecule has 0 bridgehead atoms. The summed E-state index contributed by atoms with van der Waals surface area (Å²) in [6.45, 7) is 7.86. The van der Waals surface area contributed by atoms with E-state index in [1.807, 2.05) is 52.0 Å². The third kappa shape index (κ3) is 3.88. The Bertz CT molecular complexity index is 612. The molecule has 2 rings (SSSR count). The molecule has 0 aliphatic carbocycles. The van der Waals surface area contributed by atoms with Gasteiger partial charge in [0.05, 0.1) is 0 Å². The largest absolute Gasteiger partial charge is 0.350 e. The number of benzene rings is 1. The van der Waals surface area contributed by atoms with Crippen molar-refractivity contribution >= 4 is 5.91 Å². The minimum absolute atomic E-state index is 0.0656. The second-order valence-corrected chi connectivity index (χ2v) is 5.81. The molecule has 0 aliphatic rings. The summed E-state index contributed by atoms with van der Waals surface area (Å²) in [5, 5.41) is 15.0. The molecular formula is C14H19N5O. The van der Waals surface area contributed by atoms with Crippen LogP contribution in [0.2, 0.25) is 0 Å². The average molecular weight is 273 g/mol. The molecular weight excluding hydrogens is 254 g/mol. The van der Waals surface area contributed by atoms with E-state index in [4.69, 9.17) is 0 Å². The maximum atomic E-state index is 11.8. The summed E-state index contributed by atoms with van der Waals surface area (Å²) in [5.41, 5.74) is 1.76. The highest BCUT2D eigenvalue weighted by Gasteiger charge is 2.15. The van der Waals surface area contributed by atoms with Crippen molar-refractivity contribution in [2.24, 2.45) is 0 Å². The number of aromatic nitrogens is 4. The molecule has 0 atom stereocenters. The van der Waals surface area contributed by atoms with Gasteiger partial charge in [-0.25, -0.2) is 0 Å². The molecule has 0 radical (unpaired) electrons. The van der Waals surface area contributed by atoms with Gasteiger partial charge in [-0.3, -0.25) is 4.79 Å². The molecule has 6 nitrogen and oxygen atoms in total. The molecule has 6 heteroatoms. The molecule has 0 aliphatic heterocycles. The van der Waals surface area contributed by atoms with Crippen LogP contribution in [0.3, 0.4) is 0 Å². The first-order valence-corrected chi connectivity index (χ1v) is 6.49. The highest BCUT2D eigenvalue weighted by molar-refractivity contribution is 5.76. The second kappa shape index (κ2) is 5.40. The van der Waals surface area contributed by atoms with E-state index >= 15 is 0 Å². The Morgan fingerprint density at radius 2 is 2.10 bits per heavy atom. The molecule has 2 aromatic rings. The number of carbonyl (C=O) groups excluding carboxylic acids is 1. The molecule has 1 heterocycles. The van der Waals surface area contributed by atoms with E-state index in [-0.39, 0.29) is 18.0 Å². The second-order valence-electron chi connectivity index (χ2n) is 5.81. The van der Waals surface area contributed by atoms with Gasteiger partial charge < -0.3 is 5.32 Å². The lowest BCUT2D eigenvalue weighted by molar-refractivity contribution is -0.123. The Morgan fingerprint density at radius 1 is 1.35 bits per heavy atom. The van der Waals surface area contributed by atoms with Gasteiger partial charge in [-0.15, -0.1) is 10.2 Å². The van der Waals surface area contributed by atoms with Gasteiger partial charge in [0, 0.05) is 11.1 Å². The molecule has 106 valence electrons. The van der Waals surface area contributed by atoms with E-state index in [1.165, 1.54) is 4.80 Å². The molecule has 0 spiro atoms. The molecule has 0 fully saturated rings. The third-order valence-electron chi connectivity index (χ3n) is 2.53. The number of hydrogen-bond acceptors (Lipinski definition) is 4. The predicted molar refractivity (Wildman–Crippen MR) is 75.9 cm³/mol. The summed E-state index contributed by atoms with van der Waals surface area (Å²) in [5.74, 6) is 0.392. The van der Waals surface area contributed by atoms with Gasteiger partial charge in [-0.05, 0) is 39.0 Å². The lowest BCUT2D eigenvalue weighted by Crippen LogP contribution is -2.42. The van der Waals surface area contributed by atoms with Gasteiger partial charge in [-0.1, -0.05) is 23.8 Å². The number of nitrogens with one attached hydrogen (secondary N) is 1. The first-order valence-electron chi connectivity index (χ1n) is 6.49. The Morgan fingerprint density at radius 3 is 2.75 bits per heavy atom. The molecule has 1 amide bonds. The fourth-order valence-corrected chi connectivity index (χ4v) is 1.80. The van der Waals surface area contributed by atoms with Gasteiger partial charge in [0.25, 0.3) is 0 Å². The average Bonchev–Trinajstić information content (AvgIpc) is 2.74. The van der Waals surface area contributed by atoms with Crippen molar-refractivity contribution in [2.45, 2.75) is 39.8 Å². The Hall–Kier alpha value is -2.24. The van der Waals surface area contributed by atoms with Crippen molar-refractivity contribution in [3.63, 3.8) is 0 Å². The maximum Gasteiger partial charge on any atom is 0.244 e. The van der Waals surface area contributed by atoms with Gasteiger partial charge in [0.1, 0.15) is 6.54 Å². The first kappa shape index (κ1) is 14.2. The number of aryl methyl sites for hydroxylation is 1. The number of nitrogens with zero attached hydrogens (tertiary/aromatic N) is 4. The van der Waals surface area contributed by atoms with Crippen molar-refractivity contribution in [1.29, 1.82) is 0 Å². The van der Waals surface area contributed by atoms with Crippen LogP contribution in [0.25, 0.3) is 11.4 Å². The van der Waals surface area contributed by atoms with Crippen molar-refractivity contribution in [3.8, 4) is 11.4 Å². The standard InChI is InChI=1S/C14H19N5O/c1-10-6-5-7-11(8-10)13-16-18-19(17-13)9-12(20)15-14(2,3)4/h5-8H,9H2,1-4H3,(H,15,20). The van der Waals surface area contributed by atoms with Crippen molar-refractivity contribution in [1.82, 2.24) is 25.5 Å². The fourth-order valence-electron chi connectivity index (χ4n) is 1.80. The quantitative estimate of drug-likeness (QED) is 0.921. The molecule has 0 saturated carbocycles. The topological polar surface area (TPSA) is 72.7 Å². The van der Waals surface area contributed by atoms with E-state index in [0.29, 0.717) is 5.82 Å². The van der Waals surface area contributed by atoms with Crippen LogP contribution in [0.1, 0.15) is 26.3 Å². The zero-order valence-electron chi connectivity index (χ0n) is 12.2. The predicted octanol–water partition coefficient (Wildman–Crippen LogP) is 1.56. The molecule has 1 aromatic heterocycles. The third-order valence-corrected chi connectivity index (χ3v) is 2.53. The monoisotopic (exact) mass is 273 g/mol. The minimum Gasteiger partial charge on any atom is -0.350 e. The van der Waals surface area contributed by atoms with Crippen LogP contribution in [-0.4, -0.2) is 31.7 Å². The number of tetrazole rings is 1. The Balaban J connectivity index is 2.08. The Labute approximate surface area is 118 Å². The van der Waals surface area contributed by atoms with Crippen LogP contribution in [0.5, 0.6) is 0 Å². The van der Waals surface area contributed by atoms with Crippen LogP contribution in [0, 0.1) is 6.92 Å². The number of amides is 1. The first-order chi connectivity index (χ1) is 9.33. The highest BCUT2D eigenvalue weighted by Crippen LogP contribution is 2.14. The smallest absolute Gasteiger partial charge is 0.244 e. The summed E-state index contributed by atoms with van der Waals surface area (Å²) >= 11 is 0. The van der Waals surface area contributed by atoms with Gasteiger partial charge >= 0.3 is 0 Å². The van der Waals surface area contributed by atoms with Crippen molar-refractivity contribution in [3.05, 3.63) is 29.8 Å². The van der Waals surface area contributed by atoms with E-state index in [0.717, 1.165) is 11.1 Å². The number of carbonyl (C=O) groups is 1. The lowest BCUT2D eigenvalue weighted by Gasteiger charge is -2.19. The number of hydrogen-bond donors (Lipinski definition) is 1. The van der Waals surface area contributed by atoms with Crippen LogP contribution >= 0.6 is 0 Å². The SMILES string of the molecule is Cc1cccc(-c2nnn(CC(=O)NC(C)(C)C)n2)c1. The molecule has 0 saturated heterocycles. The van der Waals surface area contributed by atoms with E-state index in [1.54, 1.807) is 0 Å². The number of rotatable bonds is 3. The summed E-state index contributed by atoms with van der Waals surface area (Å²) in [7, 11) is 0. The molecule has 20 heavy (non-hydrogen) atoms. The highest BCUT2D eigenvalue weighted by atomic mass is 16.2. The maximum absolute atomic E-state index is 11.8. The van der Waals surface area contributed by atoms with Crippen LogP contribution in [0.4, 0.5) is 0 Å². The minimum atomic E-state index is -0.267. The normalized spacial score (nSPS) is 11.4.